The fraction of sp³-hybridized carbons (Fsp3) is 0.407. The third-order valence-electron chi connectivity index (χ3n) is 5.65. The second kappa shape index (κ2) is 12.4. The Morgan fingerprint density at radius 3 is 2.49 bits per heavy atom. The maximum absolute atomic E-state index is 13.2. The third kappa shape index (κ3) is 8.61. The molecule has 1 atom stereocenters. The molecule has 1 saturated heterocycles. The predicted octanol–water partition coefficient (Wildman–Crippen LogP) is 6.25. The van der Waals surface area contributed by atoms with Crippen LogP contribution in [0.15, 0.2) is 53.0 Å². The third-order valence-corrected chi connectivity index (χ3v) is 7.99. The van der Waals surface area contributed by atoms with E-state index >= 15 is 0 Å². The Bertz CT molecular complexity index is 1070. The first-order valence-electron chi connectivity index (χ1n) is 11.5. The van der Waals surface area contributed by atoms with Crippen LogP contribution < -0.4 is 0 Å². The zero-order chi connectivity index (χ0) is 25.6. The number of carbonyl (C=O) groups is 2. The van der Waals surface area contributed by atoms with E-state index < -0.39 is 11.6 Å². The van der Waals surface area contributed by atoms with Crippen molar-refractivity contribution in [3.8, 4) is 0 Å². The Balaban J connectivity index is 1.71. The van der Waals surface area contributed by atoms with Gasteiger partial charge in [-0.15, -0.1) is 0 Å². The van der Waals surface area contributed by atoms with Crippen molar-refractivity contribution in [3.63, 3.8) is 0 Å². The molecule has 2 aromatic carbocycles. The molecule has 0 saturated carbocycles. The van der Waals surface area contributed by atoms with Crippen LogP contribution in [-0.4, -0.2) is 53.7 Å². The zero-order valence-electron chi connectivity index (χ0n) is 20.6. The van der Waals surface area contributed by atoms with Gasteiger partial charge in [-0.3, -0.25) is 9.80 Å². The number of carbonyl (C=O) groups excluding carboxylic acids is 2. The van der Waals surface area contributed by atoms with Crippen LogP contribution >= 0.6 is 38.5 Å². The van der Waals surface area contributed by atoms with Crippen LogP contribution in [0, 0.1) is 3.57 Å². The number of hydrogen-bond donors (Lipinski definition) is 0. The quantitative estimate of drug-likeness (QED) is 0.201. The molecule has 0 bridgehead atoms. The monoisotopic (exact) mass is 654 g/mol. The van der Waals surface area contributed by atoms with Gasteiger partial charge in [0.25, 0.3) is 0 Å². The lowest BCUT2D eigenvalue weighted by molar-refractivity contribution is -0.134. The molecule has 0 unspecified atom stereocenters. The van der Waals surface area contributed by atoms with Crippen LogP contribution in [0.4, 0.5) is 4.79 Å². The molecule has 3 rings (SSSR count). The Morgan fingerprint density at radius 1 is 1.17 bits per heavy atom. The summed E-state index contributed by atoms with van der Waals surface area (Å²) in [6.45, 7) is 8.69. The summed E-state index contributed by atoms with van der Waals surface area (Å²) in [5.74, 6) is -0.395. The normalized spacial score (nSPS) is 16.5. The summed E-state index contributed by atoms with van der Waals surface area (Å²) in [5, 5.41) is 0. The van der Waals surface area contributed by atoms with E-state index in [0.717, 1.165) is 41.7 Å². The van der Waals surface area contributed by atoms with Crippen molar-refractivity contribution in [1.82, 2.24) is 9.80 Å². The van der Waals surface area contributed by atoms with Gasteiger partial charge in [-0.05, 0) is 101 Å². The van der Waals surface area contributed by atoms with Crippen molar-refractivity contribution in [3.05, 3.63) is 73.3 Å². The molecule has 0 spiro atoms. The van der Waals surface area contributed by atoms with Crippen LogP contribution in [0.25, 0.3) is 6.08 Å². The Morgan fingerprint density at radius 2 is 1.86 bits per heavy atom. The predicted molar refractivity (Wildman–Crippen MR) is 150 cm³/mol. The van der Waals surface area contributed by atoms with Crippen molar-refractivity contribution in [2.45, 2.75) is 51.9 Å². The molecule has 0 radical (unpaired) electrons. The van der Waals surface area contributed by atoms with E-state index in [1.54, 1.807) is 6.08 Å². The number of likely N-dealkylation sites (tertiary alicyclic amines) is 1. The van der Waals surface area contributed by atoms with Crippen LogP contribution in [0.2, 0.25) is 0 Å². The van der Waals surface area contributed by atoms with Gasteiger partial charge in [-0.2, -0.15) is 0 Å². The van der Waals surface area contributed by atoms with Crippen molar-refractivity contribution in [2.75, 3.05) is 20.2 Å². The first-order valence-corrected chi connectivity index (χ1v) is 13.4. The summed E-state index contributed by atoms with van der Waals surface area (Å²) in [6, 6.07) is 14.3. The van der Waals surface area contributed by atoms with E-state index in [1.165, 1.54) is 22.3 Å². The molecular weight excluding hydrogens is 623 g/mol. The van der Waals surface area contributed by atoms with Crippen molar-refractivity contribution in [2.24, 2.45) is 0 Å². The molecule has 6 nitrogen and oxygen atoms in total. The molecule has 1 aliphatic rings. The van der Waals surface area contributed by atoms with Crippen molar-refractivity contribution >= 4 is 56.7 Å². The van der Waals surface area contributed by atoms with Crippen LogP contribution in [-0.2, 0) is 27.4 Å². The fourth-order valence-corrected chi connectivity index (χ4v) is 4.69. The molecule has 1 heterocycles. The fourth-order valence-electron chi connectivity index (χ4n) is 3.93. The number of hydrogen-bond acceptors (Lipinski definition) is 5. The Labute approximate surface area is 229 Å². The SMILES string of the molecule is COC(=O)/C=C/c1ccc(CN(C(=O)OC(C)(C)C)[C@H]2CCN(Cc3ccc(I)c(Br)c3)C2)cc1. The number of benzene rings is 2. The average molecular weight is 655 g/mol. The van der Waals surface area contributed by atoms with E-state index in [1.807, 2.05) is 49.9 Å². The highest BCUT2D eigenvalue weighted by Crippen LogP contribution is 2.25. The summed E-state index contributed by atoms with van der Waals surface area (Å²) in [4.78, 5) is 28.8. The minimum Gasteiger partial charge on any atom is -0.466 e. The second-order valence-corrected chi connectivity index (χ2v) is 11.6. The minimum absolute atomic E-state index is 0.0658. The first kappa shape index (κ1) is 27.7. The lowest BCUT2D eigenvalue weighted by atomic mass is 10.1. The van der Waals surface area contributed by atoms with Gasteiger partial charge in [0.05, 0.1) is 7.11 Å². The van der Waals surface area contributed by atoms with Gasteiger partial charge in [0, 0.05) is 46.3 Å². The molecule has 2 aromatic rings. The van der Waals surface area contributed by atoms with Crippen LogP contribution in [0.3, 0.4) is 0 Å². The molecule has 1 aliphatic heterocycles. The zero-order valence-corrected chi connectivity index (χ0v) is 24.3. The number of nitrogens with zero attached hydrogens (tertiary/aromatic N) is 2. The summed E-state index contributed by atoms with van der Waals surface area (Å²) < 4.78 is 12.7. The smallest absolute Gasteiger partial charge is 0.410 e. The molecule has 1 fully saturated rings. The molecule has 0 aromatic heterocycles. The lowest BCUT2D eigenvalue weighted by Gasteiger charge is -2.32. The van der Waals surface area contributed by atoms with Gasteiger partial charge in [-0.1, -0.05) is 30.3 Å². The summed E-state index contributed by atoms with van der Waals surface area (Å²) in [7, 11) is 1.35. The summed E-state index contributed by atoms with van der Waals surface area (Å²) >= 11 is 5.93. The average Bonchev–Trinajstić information content (AvgIpc) is 3.25. The van der Waals surface area contributed by atoms with Gasteiger partial charge in [0.2, 0.25) is 0 Å². The topological polar surface area (TPSA) is 59.1 Å². The van der Waals surface area contributed by atoms with Gasteiger partial charge in [-0.25, -0.2) is 9.59 Å². The minimum atomic E-state index is -0.566. The standard InChI is InChI=1S/C27H32BrIN2O4/c1-27(2,3)35-26(33)31(17-20-7-5-19(6-8-20)10-12-25(32)34-4)22-13-14-30(18-22)16-21-9-11-24(29)23(28)15-21/h5-12,15,22H,13-14,16-18H2,1-4H3/b12-10+/t22-/m0/s1. The van der Waals surface area contributed by atoms with Crippen molar-refractivity contribution in [1.29, 1.82) is 0 Å². The van der Waals surface area contributed by atoms with E-state index in [2.05, 4.69) is 66.4 Å². The molecule has 35 heavy (non-hydrogen) atoms. The molecule has 188 valence electrons. The number of esters is 1. The molecule has 1 amide bonds. The maximum Gasteiger partial charge on any atom is 0.410 e. The number of methoxy groups -OCH3 is 1. The number of halogens is 2. The van der Waals surface area contributed by atoms with Gasteiger partial charge in [0.1, 0.15) is 5.60 Å². The molecule has 8 heteroatoms. The molecule has 0 N–H and O–H groups in total. The van der Waals surface area contributed by atoms with Crippen LogP contribution in [0.5, 0.6) is 0 Å². The summed E-state index contributed by atoms with van der Waals surface area (Å²) in [6.07, 6.45) is 3.70. The number of rotatable bonds is 7. The van der Waals surface area contributed by atoms with E-state index in [0.29, 0.717) is 6.54 Å². The van der Waals surface area contributed by atoms with Crippen molar-refractivity contribution < 1.29 is 19.1 Å². The van der Waals surface area contributed by atoms with Crippen LogP contribution in [0.1, 0.15) is 43.9 Å². The number of amides is 1. The Kier molecular flexibility index (Phi) is 9.77. The molecule has 0 aliphatic carbocycles. The second-order valence-electron chi connectivity index (χ2n) is 9.63. The highest BCUT2D eigenvalue weighted by atomic mass is 127. The first-order chi connectivity index (χ1) is 16.5. The van der Waals surface area contributed by atoms with Gasteiger partial charge in [0.15, 0.2) is 0 Å². The number of ether oxygens (including phenoxy) is 2. The Hall–Kier alpha value is -1.91. The maximum atomic E-state index is 13.2. The highest BCUT2D eigenvalue weighted by Gasteiger charge is 2.33. The largest absolute Gasteiger partial charge is 0.466 e. The van der Waals surface area contributed by atoms with E-state index in [-0.39, 0.29) is 12.1 Å². The van der Waals surface area contributed by atoms with E-state index in [9.17, 15) is 9.59 Å². The lowest BCUT2D eigenvalue weighted by Crippen LogP contribution is -2.44. The van der Waals surface area contributed by atoms with E-state index in [4.69, 9.17) is 4.74 Å². The highest BCUT2D eigenvalue weighted by molar-refractivity contribution is 14.1. The molecular formula is C27H32BrIN2O4. The van der Waals surface area contributed by atoms with Gasteiger partial charge >= 0.3 is 12.1 Å². The van der Waals surface area contributed by atoms with Gasteiger partial charge < -0.3 is 9.47 Å². The summed E-state index contributed by atoms with van der Waals surface area (Å²) in [5.41, 5.74) is 2.58.